The maximum absolute atomic E-state index is 11.8. The average molecular weight is 331 g/mol. The van der Waals surface area contributed by atoms with E-state index in [9.17, 15) is 14.7 Å². The molecule has 1 amide bonds. The van der Waals surface area contributed by atoms with E-state index in [1.807, 2.05) is 0 Å². The van der Waals surface area contributed by atoms with Crippen LogP contribution in [0.15, 0.2) is 22.7 Å². The third kappa shape index (κ3) is 3.60. The summed E-state index contributed by atoms with van der Waals surface area (Å²) in [6.07, 6.45) is 0. The monoisotopic (exact) mass is 330 g/mol. The third-order valence-corrected chi connectivity index (χ3v) is 3.86. The molecule has 0 aliphatic rings. The van der Waals surface area contributed by atoms with Crippen molar-refractivity contribution in [2.75, 3.05) is 6.54 Å². The zero-order valence-corrected chi connectivity index (χ0v) is 12.4. The summed E-state index contributed by atoms with van der Waals surface area (Å²) in [5.41, 5.74) is -2.07. The second kappa shape index (κ2) is 5.84. The second-order valence-corrected chi connectivity index (χ2v) is 6.16. The predicted octanol–water partition coefficient (Wildman–Crippen LogP) is 1.62. The molecule has 112 valence electrons. The summed E-state index contributed by atoms with van der Waals surface area (Å²) in [5.74, 6) is -1.70. The summed E-state index contributed by atoms with van der Waals surface area (Å²) in [4.78, 5) is 23.2. The van der Waals surface area contributed by atoms with Gasteiger partial charge in [0.15, 0.2) is 17.1 Å². The van der Waals surface area contributed by atoms with Crippen molar-refractivity contribution in [1.82, 2.24) is 10.5 Å². The number of hydrogen-bond acceptors (Lipinski definition) is 6. The number of carboxylic acids is 1. The largest absolute Gasteiger partial charge is 0.479 e. The van der Waals surface area contributed by atoms with Crippen molar-refractivity contribution in [2.24, 2.45) is 0 Å². The molecule has 0 radical (unpaired) electrons. The van der Waals surface area contributed by atoms with Crippen LogP contribution in [0.4, 0.5) is 0 Å². The van der Waals surface area contributed by atoms with E-state index >= 15 is 0 Å². The number of carboxylic acid groups (broad SMARTS) is 1. The number of aliphatic hydroxyl groups is 1. The molecule has 2 rings (SSSR count). The molecule has 7 nitrogen and oxygen atoms in total. The van der Waals surface area contributed by atoms with Crippen molar-refractivity contribution in [3.63, 3.8) is 0 Å². The van der Waals surface area contributed by atoms with Gasteiger partial charge < -0.3 is 20.1 Å². The summed E-state index contributed by atoms with van der Waals surface area (Å²) < 4.78 is 5.60. The first-order valence-electron chi connectivity index (χ1n) is 5.76. The summed E-state index contributed by atoms with van der Waals surface area (Å²) >= 11 is 7.07. The quantitative estimate of drug-likeness (QED) is 0.768. The molecule has 0 bridgehead atoms. The van der Waals surface area contributed by atoms with Crippen LogP contribution in [0.2, 0.25) is 4.34 Å². The summed E-state index contributed by atoms with van der Waals surface area (Å²) in [5, 5.41) is 24.1. The lowest BCUT2D eigenvalue weighted by Gasteiger charge is -2.17. The number of carbonyl (C=O) groups excluding carboxylic acids is 1. The summed E-state index contributed by atoms with van der Waals surface area (Å²) in [6, 6.07) is 4.82. The minimum atomic E-state index is -2.05. The van der Waals surface area contributed by atoms with Gasteiger partial charge >= 0.3 is 5.97 Å². The Morgan fingerprint density at radius 3 is 2.81 bits per heavy atom. The van der Waals surface area contributed by atoms with Gasteiger partial charge in [0.1, 0.15) is 0 Å². The normalized spacial score (nSPS) is 13.7. The highest BCUT2D eigenvalue weighted by Gasteiger charge is 2.30. The molecule has 1 atom stereocenters. The summed E-state index contributed by atoms with van der Waals surface area (Å²) in [6.45, 7) is 0.631. The lowest BCUT2D eigenvalue weighted by atomic mass is 10.1. The molecule has 2 heterocycles. The first-order valence-corrected chi connectivity index (χ1v) is 6.95. The molecule has 3 N–H and O–H groups in total. The number of rotatable bonds is 5. The Morgan fingerprint density at radius 2 is 2.24 bits per heavy atom. The third-order valence-electron chi connectivity index (χ3n) is 2.61. The number of amides is 1. The van der Waals surface area contributed by atoms with Gasteiger partial charge in [-0.1, -0.05) is 16.8 Å². The van der Waals surface area contributed by atoms with Crippen molar-refractivity contribution >= 4 is 34.8 Å². The van der Waals surface area contributed by atoms with Gasteiger partial charge in [-0.3, -0.25) is 4.79 Å². The number of aromatic nitrogens is 1. The zero-order valence-electron chi connectivity index (χ0n) is 10.8. The van der Waals surface area contributed by atoms with Gasteiger partial charge in [0.2, 0.25) is 0 Å². The number of hydrogen-bond donors (Lipinski definition) is 3. The molecule has 1 unspecified atom stereocenters. The molecule has 2 aromatic rings. The molecule has 0 saturated carbocycles. The van der Waals surface area contributed by atoms with E-state index in [4.69, 9.17) is 21.2 Å². The van der Waals surface area contributed by atoms with E-state index in [-0.39, 0.29) is 5.69 Å². The topological polar surface area (TPSA) is 113 Å². The van der Waals surface area contributed by atoms with Crippen LogP contribution in [-0.4, -0.2) is 39.4 Å². The molecular weight excluding hydrogens is 320 g/mol. The van der Waals surface area contributed by atoms with Gasteiger partial charge in [0, 0.05) is 6.07 Å². The van der Waals surface area contributed by atoms with Crippen LogP contribution in [0.5, 0.6) is 0 Å². The Labute approximate surface area is 128 Å². The predicted molar refractivity (Wildman–Crippen MR) is 75.4 cm³/mol. The van der Waals surface area contributed by atoms with E-state index in [0.29, 0.717) is 15.0 Å². The van der Waals surface area contributed by atoms with Crippen LogP contribution in [0.3, 0.4) is 0 Å². The zero-order chi connectivity index (χ0) is 15.6. The Bertz CT molecular complexity index is 679. The number of aliphatic carboxylic acids is 1. The van der Waals surface area contributed by atoms with Gasteiger partial charge in [0.05, 0.1) is 15.8 Å². The lowest BCUT2D eigenvalue weighted by molar-refractivity contribution is -0.155. The average Bonchev–Trinajstić information content (AvgIpc) is 3.04. The fraction of sp³-hybridized carbons (Fsp3) is 0.250. The number of nitrogens with one attached hydrogen (secondary N) is 1. The van der Waals surface area contributed by atoms with E-state index < -0.39 is 24.0 Å². The molecule has 0 aliphatic heterocycles. The van der Waals surface area contributed by atoms with Crippen LogP contribution in [0.1, 0.15) is 17.4 Å². The molecular formula is C12H11ClN2O5S. The number of halogens is 1. The van der Waals surface area contributed by atoms with Gasteiger partial charge in [-0.15, -0.1) is 11.3 Å². The first-order chi connectivity index (χ1) is 9.79. The van der Waals surface area contributed by atoms with Crippen LogP contribution in [0.25, 0.3) is 10.6 Å². The second-order valence-electron chi connectivity index (χ2n) is 4.44. The highest BCUT2D eigenvalue weighted by molar-refractivity contribution is 7.19. The maximum Gasteiger partial charge on any atom is 0.337 e. The highest BCUT2D eigenvalue weighted by atomic mass is 35.5. The van der Waals surface area contributed by atoms with Gasteiger partial charge in [0.25, 0.3) is 5.91 Å². The van der Waals surface area contributed by atoms with Crippen molar-refractivity contribution in [2.45, 2.75) is 12.5 Å². The van der Waals surface area contributed by atoms with E-state index in [2.05, 4.69) is 10.5 Å². The van der Waals surface area contributed by atoms with Crippen molar-refractivity contribution < 1.29 is 24.3 Å². The first kappa shape index (κ1) is 15.5. The van der Waals surface area contributed by atoms with Crippen molar-refractivity contribution in [1.29, 1.82) is 0 Å². The van der Waals surface area contributed by atoms with Gasteiger partial charge in [-0.05, 0) is 19.1 Å². The van der Waals surface area contributed by atoms with E-state index in [1.54, 1.807) is 12.1 Å². The van der Waals surface area contributed by atoms with Gasteiger partial charge in [-0.25, -0.2) is 4.79 Å². The molecule has 21 heavy (non-hydrogen) atoms. The molecule has 0 aliphatic carbocycles. The molecule has 2 aromatic heterocycles. The molecule has 0 saturated heterocycles. The number of thiophene rings is 1. The minimum absolute atomic E-state index is 0.0179. The Kier molecular flexibility index (Phi) is 4.31. The number of nitrogens with zero attached hydrogens (tertiary/aromatic N) is 1. The van der Waals surface area contributed by atoms with Crippen molar-refractivity contribution in [3.8, 4) is 10.6 Å². The van der Waals surface area contributed by atoms with E-state index in [1.165, 1.54) is 17.4 Å². The standard InChI is InChI=1S/C12H11ClN2O5S/c1-12(19,11(17)18)5-14-10(16)6-4-7(20-15-6)8-2-3-9(13)21-8/h2-4,19H,5H2,1H3,(H,14,16)(H,17,18). The Hall–Kier alpha value is -1.90. The SMILES string of the molecule is CC(O)(CNC(=O)c1cc(-c2ccc(Cl)s2)on1)C(=O)O. The fourth-order valence-corrected chi connectivity index (χ4v) is 2.36. The highest BCUT2D eigenvalue weighted by Crippen LogP contribution is 2.31. The molecule has 0 spiro atoms. The van der Waals surface area contributed by atoms with Crippen LogP contribution >= 0.6 is 22.9 Å². The molecule has 0 aromatic carbocycles. The maximum atomic E-state index is 11.8. The Morgan fingerprint density at radius 1 is 1.52 bits per heavy atom. The van der Waals surface area contributed by atoms with E-state index in [0.717, 1.165) is 6.92 Å². The summed E-state index contributed by atoms with van der Waals surface area (Å²) in [7, 11) is 0. The van der Waals surface area contributed by atoms with Crippen LogP contribution in [-0.2, 0) is 4.79 Å². The van der Waals surface area contributed by atoms with Crippen LogP contribution < -0.4 is 5.32 Å². The fourth-order valence-electron chi connectivity index (χ4n) is 1.36. The van der Waals surface area contributed by atoms with Crippen molar-refractivity contribution in [3.05, 3.63) is 28.2 Å². The molecule has 9 heteroatoms. The minimum Gasteiger partial charge on any atom is -0.479 e. The Balaban J connectivity index is 2.04. The number of carbonyl (C=O) groups is 2. The van der Waals surface area contributed by atoms with Crippen LogP contribution in [0, 0.1) is 0 Å². The van der Waals surface area contributed by atoms with Gasteiger partial charge in [-0.2, -0.15) is 0 Å². The molecule has 0 fully saturated rings. The smallest absolute Gasteiger partial charge is 0.337 e. The lowest BCUT2D eigenvalue weighted by Crippen LogP contribution is -2.46.